The van der Waals surface area contributed by atoms with Crippen LogP contribution in [-0.2, 0) is 5.54 Å². The van der Waals surface area contributed by atoms with Crippen LogP contribution < -0.4 is 15.2 Å². The van der Waals surface area contributed by atoms with Crippen molar-refractivity contribution in [3.8, 4) is 11.5 Å². The van der Waals surface area contributed by atoms with Crippen molar-refractivity contribution in [1.82, 2.24) is 0 Å². The van der Waals surface area contributed by atoms with E-state index in [2.05, 4.69) is 15.9 Å². The van der Waals surface area contributed by atoms with Crippen LogP contribution in [0.5, 0.6) is 11.5 Å². The molecule has 3 nitrogen and oxygen atoms in total. The van der Waals surface area contributed by atoms with E-state index in [1.54, 1.807) is 19.9 Å². The number of rotatable bonds is 1. The zero-order valence-corrected chi connectivity index (χ0v) is 10.7. The van der Waals surface area contributed by atoms with Crippen LogP contribution in [0.4, 0.5) is 4.39 Å². The van der Waals surface area contributed by atoms with Crippen molar-refractivity contribution in [3.63, 3.8) is 0 Å². The lowest BCUT2D eigenvalue weighted by Gasteiger charge is -2.25. The van der Waals surface area contributed by atoms with E-state index in [1.165, 1.54) is 0 Å². The van der Waals surface area contributed by atoms with Crippen LogP contribution in [0.1, 0.15) is 19.4 Å². The first kappa shape index (κ1) is 11.7. The number of nitrogens with two attached hydrogens (primary N) is 1. The highest BCUT2D eigenvalue weighted by atomic mass is 79.9. The highest BCUT2D eigenvalue weighted by molar-refractivity contribution is 9.10. The maximum Gasteiger partial charge on any atom is 0.178 e. The largest absolute Gasteiger partial charge is 0.486 e. The van der Waals surface area contributed by atoms with Crippen LogP contribution in [0.25, 0.3) is 0 Å². The Balaban J connectivity index is 2.62. The van der Waals surface area contributed by atoms with Gasteiger partial charge in [0.15, 0.2) is 11.5 Å². The summed E-state index contributed by atoms with van der Waals surface area (Å²) in [6.45, 7) is 4.38. The lowest BCUT2D eigenvalue weighted by Crippen LogP contribution is -2.30. The Kier molecular flexibility index (Phi) is 2.84. The van der Waals surface area contributed by atoms with Gasteiger partial charge in [-0.05, 0) is 35.8 Å². The SMILES string of the molecule is CC(C)(N)c1cc2c(c(Br)c1F)OCCO2. The molecule has 1 heterocycles. The second-order valence-corrected chi connectivity index (χ2v) is 5.09. The molecule has 0 atom stereocenters. The molecule has 1 aliphatic rings. The van der Waals surface area contributed by atoms with E-state index in [0.29, 0.717) is 30.3 Å². The first-order valence-corrected chi connectivity index (χ1v) is 5.77. The van der Waals surface area contributed by atoms with Crippen LogP contribution in [-0.4, -0.2) is 13.2 Å². The predicted octanol–water partition coefficient (Wildman–Crippen LogP) is 2.55. The van der Waals surface area contributed by atoms with Gasteiger partial charge in [-0.25, -0.2) is 4.39 Å². The molecule has 0 aromatic heterocycles. The standard InChI is InChI=1S/C11H13BrFNO2/c1-11(2,14)6-5-7-10(8(12)9(6)13)16-4-3-15-7/h5H,3-4,14H2,1-2H3. The van der Waals surface area contributed by atoms with Crippen molar-refractivity contribution in [2.75, 3.05) is 13.2 Å². The van der Waals surface area contributed by atoms with Gasteiger partial charge < -0.3 is 15.2 Å². The highest BCUT2D eigenvalue weighted by Gasteiger charge is 2.27. The van der Waals surface area contributed by atoms with Crippen LogP contribution in [0.3, 0.4) is 0 Å². The van der Waals surface area contributed by atoms with Crippen molar-refractivity contribution < 1.29 is 13.9 Å². The molecule has 1 aromatic rings. The Labute approximate surface area is 102 Å². The predicted molar refractivity (Wildman–Crippen MR) is 62.3 cm³/mol. The van der Waals surface area contributed by atoms with Crippen molar-refractivity contribution in [1.29, 1.82) is 0 Å². The Morgan fingerprint density at radius 2 is 2.00 bits per heavy atom. The number of fused-ring (bicyclic) bond motifs is 1. The zero-order valence-electron chi connectivity index (χ0n) is 9.14. The number of halogens is 2. The lowest BCUT2D eigenvalue weighted by atomic mass is 9.94. The molecule has 0 amide bonds. The van der Waals surface area contributed by atoms with E-state index < -0.39 is 11.4 Å². The first-order chi connectivity index (χ1) is 7.41. The molecular formula is C11H13BrFNO2. The second kappa shape index (κ2) is 3.89. The van der Waals surface area contributed by atoms with Crippen LogP contribution in [0.15, 0.2) is 10.5 Å². The van der Waals surface area contributed by atoms with Crippen molar-refractivity contribution >= 4 is 15.9 Å². The molecule has 0 bridgehead atoms. The topological polar surface area (TPSA) is 44.5 Å². The quantitative estimate of drug-likeness (QED) is 0.864. The van der Waals surface area contributed by atoms with Gasteiger partial charge in [0.25, 0.3) is 0 Å². The molecule has 0 radical (unpaired) electrons. The van der Waals surface area contributed by atoms with E-state index in [9.17, 15) is 4.39 Å². The third kappa shape index (κ3) is 1.89. The van der Waals surface area contributed by atoms with E-state index in [0.717, 1.165) is 0 Å². The molecule has 5 heteroatoms. The van der Waals surface area contributed by atoms with Crippen molar-refractivity contribution in [2.45, 2.75) is 19.4 Å². The smallest absolute Gasteiger partial charge is 0.178 e. The zero-order chi connectivity index (χ0) is 11.9. The molecule has 0 spiro atoms. The number of ether oxygens (including phenoxy) is 2. The molecule has 2 rings (SSSR count). The molecule has 0 fully saturated rings. The van der Waals surface area contributed by atoms with E-state index in [1.807, 2.05) is 0 Å². The van der Waals surface area contributed by atoms with Gasteiger partial charge in [-0.2, -0.15) is 0 Å². The van der Waals surface area contributed by atoms with Crippen molar-refractivity contribution in [2.24, 2.45) is 5.73 Å². The monoisotopic (exact) mass is 289 g/mol. The van der Waals surface area contributed by atoms with Crippen molar-refractivity contribution in [3.05, 3.63) is 21.9 Å². The fraction of sp³-hybridized carbons (Fsp3) is 0.455. The first-order valence-electron chi connectivity index (χ1n) is 4.98. The summed E-state index contributed by atoms with van der Waals surface area (Å²) in [6.07, 6.45) is 0. The van der Waals surface area contributed by atoms with Gasteiger partial charge in [0.1, 0.15) is 19.0 Å². The van der Waals surface area contributed by atoms with Crippen LogP contribution >= 0.6 is 15.9 Å². The van der Waals surface area contributed by atoms with Gasteiger partial charge in [-0.3, -0.25) is 0 Å². The average Bonchev–Trinajstić information content (AvgIpc) is 2.22. The number of benzene rings is 1. The molecule has 88 valence electrons. The summed E-state index contributed by atoms with van der Waals surface area (Å²) in [5.74, 6) is 0.557. The Morgan fingerprint density at radius 3 is 2.62 bits per heavy atom. The lowest BCUT2D eigenvalue weighted by molar-refractivity contribution is 0.168. The minimum absolute atomic E-state index is 0.276. The van der Waals surface area contributed by atoms with Gasteiger partial charge >= 0.3 is 0 Å². The molecule has 0 saturated carbocycles. The minimum atomic E-state index is -0.761. The van der Waals surface area contributed by atoms with E-state index in [-0.39, 0.29) is 4.47 Å². The normalized spacial score (nSPS) is 15.1. The Morgan fingerprint density at radius 1 is 1.38 bits per heavy atom. The second-order valence-electron chi connectivity index (χ2n) is 4.30. The minimum Gasteiger partial charge on any atom is -0.486 e. The molecule has 1 aromatic carbocycles. The molecule has 0 unspecified atom stereocenters. The third-order valence-electron chi connectivity index (χ3n) is 2.41. The molecular weight excluding hydrogens is 277 g/mol. The fourth-order valence-corrected chi connectivity index (χ4v) is 2.12. The molecule has 2 N–H and O–H groups in total. The van der Waals surface area contributed by atoms with Gasteiger partial charge in [-0.1, -0.05) is 0 Å². The summed E-state index contributed by atoms with van der Waals surface area (Å²) in [5, 5.41) is 0. The van der Waals surface area contributed by atoms with E-state index >= 15 is 0 Å². The summed E-state index contributed by atoms with van der Waals surface area (Å²) in [7, 11) is 0. The summed E-state index contributed by atoms with van der Waals surface area (Å²) in [5.41, 5.74) is 5.55. The summed E-state index contributed by atoms with van der Waals surface area (Å²) in [4.78, 5) is 0. The number of hydrogen-bond donors (Lipinski definition) is 1. The summed E-state index contributed by atoms with van der Waals surface area (Å²) in [6, 6.07) is 1.61. The van der Waals surface area contributed by atoms with Crippen LogP contribution in [0.2, 0.25) is 0 Å². The van der Waals surface area contributed by atoms with Gasteiger partial charge in [0.2, 0.25) is 0 Å². The molecule has 16 heavy (non-hydrogen) atoms. The highest BCUT2D eigenvalue weighted by Crippen LogP contribution is 2.42. The summed E-state index contributed by atoms with van der Waals surface area (Å²) < 4.78 is 25.1. The van der Waals surface area contributed by atoms with Gasteiger partial charge in [0.05, 0.1) is 4.47 Å². The third-order valence-corrected chi connectivity index (χ3v) is 3.12. The molecule has 0 aliphatic carbocycles. The Bertz CT molecular complexity index is 429. The maximum absolute atomic E-state index is 14.0. The number of hydrogen-bond acceptors (Lipinski definition) is 3. The van der Waals surface area contributed by atoms with Crippen LogP contribution in [0, 0.1) is 5.82 Å². The summed E-state index contributed by atoms with van der Waals surface area (Å²) >= 11 is 3.17. The van der Waals surface area contributed by atoms with E-state index in [4.69, 9.17) is 15.2 Å². The maximum atomic E-state index is 14.0. The molecule has 1 aliphatic heterocycles. The van der Waals surface area contributed by atoms with Gasteiger partial charge in [-0.15, -0.1) is 0 Å². The Hall–Kier alpha value is -0.810. The molecule has 0 saturated heterocycles. The fourth-order valence-electron chi connectivity index (χ4n) is 1.59. The average molecular weight is 290 g/mol. The van der Waals surface area contributed by atoms with Gasteiger partial charge in [0, 0.05) is 11.1 Å².